The van der Waals surface area contributed by atoms with Gasteiger partial charge in [-0.3, -0.25) is 4.79 Å². The van der Waals surface area contributed by atoms with Crippen molar-refractivity contribution in [3.8, 4) is 5.75 Å². The average molecular weight is 549 g/mol. The van der Waals surface area contributed by atoms with Gasteiger partial charge in [0.05, 0.1) is 45.1 Å². The molecule has 5 atom stereocenters. The van der Waals surface area contributed by atoms with Crippen molar-refractivity contribution in [2.45, 2.75) is 109 Å². The normalized spacial score (nSPS) is 27.4. The number of hydrogen-bond donors (Lipinski definition) is 1. The number of aliphatic hydroxyl groups is 1. The largest absolute Gasteiger partial charge is 0.497 e. The maximum absolute atomic E-state index is 12.8. The minimum absolute atomic E-state index is 0.0891. The minimum atomic E-state index is -1.85. The summed E-state index contributed by atoms with van der Waals surface area (Å²) in [5, 5.41) is 10.8. The molecule has 0 unspecified atom stereocenters. The zero-order chi connectivity index (χ0) is 28.1. The van der Waals surface area contributed by atoms with Crippen LogP contribution in [0.25, 0.3) is 0 Å². The Bertz CT molecular complexity index is 939. The second-order valence-corrected chi connectivity index (χ2v) is 17.4. The molecule has 2 aliphatic heterocycles. The summed E-state index contributed by atoms with van der Waals surface area (Å²) in [6.07, 6.45) is 0.454. The van der Waals surface area contributed by atoms with Crippen LogP contribution in [-0.2, 0) is 30.0 Å². The highest BCUT2D eigenvalue weighted by Crippen LogP contribution is 2.40. The van der Waals surface area contributed by atoms with Gasteiger partial charge in [-0.05, 0) is 48.2 Å². The predicted octanol–water partition coefficient (Wildman–Crippen LogP) is 5.80. The molecule has 0 saturated carbocycles. The van der Waals surface area contributed by atoms with E-state index in [1.165, 1.54) is 0 Å². The third-order valence-corrected chi connectivity index (χ3v) is 12.7. The van der Waals surface area contributed by atoms with E-state index in [2.05, 4.69) is 47.4 Å². The van der Waals surface area contributed by atoms with Gasteiger partial charge in [-0.2, -0.15) is 0 Å². The van der Waals surface area contributed by atoms with Crippen molar-refractivity contribution in [2.75, 3.05) is 20.3 Å². The molecule has 2 saturated heterocycles. The van der Waals surface area contributed by atoms with Crippen LogP contribution in [0.1, 0.15) is 65.4 Å². The summed E-state index contributed by atoms with van der Waals surface area (Å²) in [4.78, 5) is 12.8. The van der Waals surface area contributed by atoms with Crippen LogP contribution in [0.5, 0.6) is 5.75 Å². The second kappa shape index (κ2) is 12.7. The van der Waals surface area contributed by atoms with Crippen molar-refractivity contribution in [2.24, 2.45) is 5.92 Å². The maximum Gasteiger partial charge on any atom is 0.192 e. The van der Waals surface area contributed by atoms with E-state index < -0.39 is 20.2 Å². The fourth-order valence-electron chi connectivity index (χ4n) is 4.76. The Hall–Kier alpha value is -1.55. The van der Waals surface area contributed by atoms with E-state index in [4.69, 9.17) is 23.4 Å². The third kappa shape index (κ3) is 8.47. The molecule has 0 aromatic heterocycles. The summed E-state index contributed by atoms with van der Waals surface area (Å²) in [6.45, 7) is 19.0. The quantitative estimate of drug-likeness (QED) is 0.276. The lowest BCUT2D eigenvalue weighted by atomic mass is 9.88. The van der Waals surface area contributed by atoms with Crippen LogP contribution in [0.3, 0.4) is 0 Å². The minimum Gasteiger partial charge on any atom is -0.497 e. The molecule has 7 nitrogen and oxygen atoms in total. The molecule has 3 rings (SSSR count). The number of ether oxygens (including phenoxy) is 4. The van der Waals surface area contributed by atoms with Crippen LogP contribution >= 0.6 is 0 Å². The van der Waals surface area contributed by atoms with Crippen LogP contribution < -0.4 is 4.74 Å². The zero-order valence-corrected chi connectivity index (χ0v) is 25.4. The number of methoxy groups -OCH3 is 1. The van der Waals surface area contributed by atoms with Gasteiger partial charge in [-0.25, -0.2) is 0 Å². The monoisotopic (exact) mass is 548 g/mol. The molecule has 0 bridgehead atoms. The first-order chi connectivity index (χ1) is 17.7. The van der Waals surface area contributed by atoms with Crippen molar-refractivity contribution in [1.82, 2.24) is 0 Å². The third-order valence-electron chi connectivity index (χ3n) is 8.19. The Morgan fingerprint density at radius 3 is 2.50 bits per heavy atom. The van der Waals surface area contributed by atoms with E-state index >= 15 is 0 Å². The molecule has 8 heteroatoms. The summed E-state index contributed by atoms with van der Waals surface area (Å²) < 4.78 is 30.3. The Morgan fingerprint density at radius 2 is 1.87 bits per heavy atom. The highest BCUT2D eigenvalue weighted by molar-refractivity contribution is 6.74. The molecule has 1 aromatic rings. The number of Topliss-reactive ketones (excluding diaryl/α,β-unsaturated/α-hetero) is 1. The Labute approximate surface area is 230 Å². The number of aliphatic hydroxyl groups excluding tert-OH is 1. The number of benzene rings is 1. The predicted molar refractivity (Wildman–Crippen MR) is 151 cm³/mol. The number of rotatable bonds is 11. The molecule has 0 aliphatic carbocycles. The van der Waals surface area contributed by atoms with Crippen molar-refractivity contribution in [1.29, 1.82) is 0 Å². The Balaban J connectivity index is 1.54. The lowest BCUT2D eigenvalue weighted by Gasteiger charge is -2.47. The van der Waals surface area contributed by atoms with E-state index in [-0.39, 0.29) is 41.8 Å². The molecular weight excluding hydrogens is 500 g/mol. The standard InChI is InChI=1S/C30H48O7Si/c1-21(22(2)18-35-38(7,8)29(3,4)5)13-27-14-24(31)16-30(36-27)17-25(32)15-28(37-30)20-34-19-23-9-11-26(33-6)12-10-23/h9-12,22,25,27-28,32H,1,13-20H2,2-8H3/t22-,25-,27-,28+,30+/m0/s1. The summed E-state index contributed by atoms with van der Waals surface area (Å²) in [5.41, 5.74) is 2.03. The number of carbonyl (C=O) groups is 1. The lowest BCUT2D eigenvalue weighted by molar-refractivity contribution is -0.322. The highest BCUT2D eigenvalue weighted by Gasteiger charge is 2.48. The molecule has 214 valence electrons. The van der Waals surface area contributed by atoms with Gasteiger partial charge in [0.15, 0.2) is 14.1 Å². The first-order valence-electron chi connectivity index (χ1n) is 13.8. The van der Waals surface area contributed by atoms with Gasteiger partial charge in [0.1, 0.15) is 11.5 Å². The molecule has 0 radical (unpaired) electrons. The van der Waals surface area contributed by atoms with Crippen LogP contribution in [0.2, 0.25) is 18.1 Å². The molecule has 1 N–H and O–H groups in total. The summed E-state index contributed by atoms with van der Waals surface area (Å²) in [7, 11) is -0.218. The first-order valence-corrected chi connectivity index (χ1v) is 16.7. The van der Waals surface area contributed by atoms with E-state index in [1.807, 2.05) is 24.3 Å². The first kappa shape index (κ1) is 31.0. The number of carbonyl (C=O) groups excluding carboxylic acids is 1. The van der Waals surface area contributed by atoms with Gasteiger partial charge in [-0.15, -0.1) is 0 Å². The average Bonchev–Trinajstić information content (AvgIpc) is 2.81. The van der Waals surface area contributed by atoms with Crippen molar-refractivity contribution >= 4 is 14.1 Å². The van der Waals surface area contributed by atoms with Gasteiger partial charge >= 0.3 is 0 Å². The summed E-state index contributed by atoms with van der Waals surface area (Å²) in [6, 6.07) is 7.69. The second-order valence-electron chi connectivity index (χ2n) is 12.6. The van der Waals surface area contributed by atoms with Gasteiger partial charge < -0.3 is 28.5 Å². The van der Waals surface area contributed by atoms with Crippen LogP contribution in [0.15, 0.2) is 36.4 Å². The SMILES string of the molecule is C=C(C[C@H]1CC(=O)C[C@@]2(C[C@@H](O)C[C@H](COCc3ccc(OC)cc3)O2)O1)[C@@H](C)CO[Si](C)(C)C(C)(C)C. The van der Waals surface area contributed by atoms with Crippen molar-refractivity contribution in [3.63, 3.8) is 0 Å². The van der Waals surface area contributed by atoms with E-state index in [1.54, 1.807) is 7.11 Å². The van der Waals surface area contributed by atoms with Gasteiger partial charge in [0.2, 0.25) is 0 Å². The number of ketones is 1. The van der Waals surface area contributed by atoms with Crippen LogP contribution in [-0.4, -0.2) is 63.6 Å². The van der Waals surface area contributed by atoms with Crippen molar-refractivity contribution in [3.05, 3.63) is 42.0 Å². The van der Waals surface area contributed by atoms with Gasteiger partial charge in [-0.1, -0.05) is 52.0 Å². The molecule has 2 fully saturated rings. The van der Waals surface area contributed by atoms with E-state index in [0.29, 0.717) is 39.1 Å². The lowest BCUT2D eigenvalue weighted by Crippen LogP contribution is -2.54. The Kier molecular flexibility index (Phi) is 10.4. The smallest absolute Gasteiger partial charge is 0.192 e. The zero-order valence-electron chi connectivity index (χ0n) is 24.4. The van der Waals surface area contributed by atoms with Gasteiger partial charge in [0.25, 0.3) is 0 Å². The van der Waals surface area contributed by atoms with Crippen LogP contribution in [0.4, 0.5) is 0 Å². The fourth-order valence-corrected chi connectivity index (χ4v) is 5.86. The molecule has 38 heavy (non-hydrogen) atoms. The molecule has 1 aromatic carbocycles. The number of hydrogen-bond acceptors (Lipinski definition) is 7. The summed E-state index contributed by atoms with van der Waals surface area (Å²) >= 11 is 0. The molecule has 1 spiro atoms. The molecule has 0 amide bonds. The molecular formula is C30H48O7Si. The fraction of sp³-hybridized carbons (Fsp3) is 0.700. The topological polar surface area (TPSA) is 83.5 Å². The highest BCUT2D eigenvalue weighted by atomic mass is 28.4. The molecule has 2 heterocycles. The van der Waals surface area contributed by atoms with Gasteiger partial charge in [0, 0.05) is 25.9 Å². The Morgan fingerprint density at radius 1 is 1.21 bits per heavy atom. The maximum atomic E-state index is 12.8. The van der Waals surface area contributed by atoms with Crippen molar-refractivity contribution < 1.29 is 33.3 Å². The molecule has 2 aliphatic rings. The summed E-state index contributed by atoms with van der Waals surface area (Å²) in [5.74, 6) is -0.0837. The van der Waals surface area contributed by atoms with Crippen LogP contribution in [0, 0.1) is 5.92 Å². The van der Waals surface area contributed by atoms with E-state index in [9.17, 15) is 9.90 Å². The van der Waals surface area contributed by atoms with E-state index in [0.717, 1.165) is 16.9 Å².